The lowest BCUT2D eigenvalue weighted by Crippen LogP contribution is -2.42. The van der Waals surface area contributed by atoms with Gasteiger partial charge in [-0.05, 0) is 24.5 Å². The topological polar surface area (TPSA) is 64.3 Å². The van der Waals surface area contributed by atoms with E-state index in [-0.39, 0.29) is 11.9 Å². The first-order valence-electron chi connectivity index (χ1n) is 6.75. The maximum absolute atomic E-state index is 12.0. The van der Waals surface area contributed by atoms with Gasteiger partial charge in [-0.1, -0.05) is 32.0 Å². The van der Waals surface area contributed by atoms with Gasteiger partial charge in [-0.25, -0.2) is 0 Å². The smallest absolute Gasteiger partial charge is 0.224 e. The predicted octanol–water partition coefficient (Wildman–Crippen LogP) is 1.99. The number of anilines is 1. The summed E-state index contributed by atoms with van der Waals surface area (Å²) in [6.07, 6.45) is 0.308. The normalized spacial score (nSPS) is 12.4. The number of hydrogen-bond donors (Lipinski definition) is 2. The maximum Gasteiger partial charge on any atom is 0.224 e. The van der Waals surface area contributed by atoms with Crippen LogP contribution < -0.4 is 11.1 Å². The van der Waals surface area contributed by atoms with E-state index in [1.165, 1.54) is 0 Å². The van der Waals surface area contributed by atoms with Crippen LogP contribution in [0, 0.1) is 5.92 Å². The molecule has 0 bridgehead atoms. The molecule has 1 unspecified atom stereocenters. The summed E-state index contributed by atoms with van der Waals surface area (Å²) in [6.45, 7) is 7.29. The van der Waals surface area contributed by atoms with Gasteiger partial charge < -0.3 is 15.8 Å². The lowest BCUT2D eigenvalue weighted by molar-refractivity contribution is -0.122. The molecule has 1 rings (SSSR count). The zero-order valence-corrected chi connectivity index (χ0v) is 12.0. The summed E-state index contributed by atoms with van der Waals surface area (Å²) >= 11 is 0. The Hall–Kier alpha value is -1.55. The number of carbonyl (C=O) groups is 1. The molecule has 106 valence electrons. The van der Waals surface area contributed by atoms with Crippen LogP contribution in [-0.2, 0) is 16.0 Å². The fourth-order valence-corrected chi connectivity index (χ4v) is 1.77. The molecule has 0 aliphatic heterocycles. The van der Waals surface area contributed by atoms with Gasteiger partial charge in [-0.15, -0.1) is 0 Å². The van der Waals surface area contributed by atoms with E-state index in [1.807, 2.05) is 31.2 Å². The molecular formula is C15H24N2O2. The molecule has 1 aromatic carbocycles. The Kier molecular flexibility index (Phi) is 6.36. The lowest BCUT2D eigenvalue weighted by Gasteiger charge is -2.22. The van der Waals surface area contributed by atoms with E-state index < -0.39 is 0 Å². The summed E-state index contributed by atoms with van der Waals surface area (Å²) in [6, 6.07) is 7.48. The number of nitrogens with one attached hydrogen (secondary N) is 1. The average molecular weight is 264 g/mol. The zero-order valence-electron chi connectivity index (χ0n) is 12.0. The summed E-state index contributed by atoms with van der Waals surface area (Å²) in [7, 11) is 0. The van der Waals surface area contributed by atoms with Gasteiger partial charge in [-0.3, -0.25) is 4.79 Å². The third kappa shape index (κ3) is 5.30. The molecule has 0 spiro atoms. The first kappa shape index (κ1) is 15.5. The SMILES string of the molecule is CCOCC(NC(=O)Cc1ccccc1N)C(C)C. The molecule has 0 radical (unpaired) electrons. The Morgan fingerprint density at radius 2 is 2.05 bits per heavy atom. The molecule has 3 N–H and O–H groups in total. The first-order chi connectivity index (χ1) is 9.04. The average Bonchev–Trinajstić information content (AvgIpc) is 2.37. The molecule has 0 aliphatic rings. The van der Waals surface area contributed by atoms with Crippen LogP contribution in [0.4, 0.5) is 5.69 Å². The minimum atomic E-state index is -0.0173. The summed E-state index contributed by atoms with van der Waals surface area (Å²) < 4.78 is 5.39. The van der Waals surface area contributed by atoms with Crippen LogP contribution in [0.25, 0.3) is 0 Å². The van der Waals surface area contributed by atoms with Crippen molar-refractivity contribution in [3.05, 3.63) is 29.8 Å². The molecular weight excluding hydrogens is 240 g/mol. The van der Waals surface area contributed by atoms with E-state index in [9.17, 15) is 4.79 Å². The van der Waals surface area contributed by atoms with Gasteiger partial charge in [0.15, 0.2) is 0 Å². The quantitative estimate of drug-likeness (QED) is 0.740. The maximum atomic E-state index is 12.0. The Morgan fingerprint density at radius 1 is 1.37 bits per heavy atom. The third-order valence-electron chi connectivity index (χ3n) is 3.06. The van der Waals surface area contributed by atoms with Crippen LogP contribution >= 0.6 is 0 Å². The van der Waals surface area contributed by atoms with Crippen molar-refractivity contribution in [1.29, 1.82) is 0 Å². The number of carbonyl (C=O) groups excluding carboxylic acids is 1. The van der Waals surface area contributed by atoms with Crippen LogP contribution in [0.1, 0.15) is 26.3 Å². The van der Waals surface area contributed by atoms with Crippen molar-refractivity contribution in [2.75, 3.05) is 18.9 Å². The van der Waals surface area contributed by atoms with Crippen LogP contribution in [0.5, 0.6) is 0 Å². The molecule has 1 atom stereocenters. The number of amides is 1. The molecule has 1 aromatic rings. The highest BCUT2D eigenvalue weighted by atomic mass is 16.5. The van der Waals surface area contributed by atoms with Gasteiger partial charge >= 0.3 is 0 Å². The highest BCUT2D eigenvalue weighted by molar-refractivity contribution is 5.80. The van der Waals surface area contributed by atoms with Gasteiger partial charge in [0.05, 0.1) is 19.1 Å². The van der Waals surface area contributed by atoms with Crippen molar-refractivity contribution < 1.29 is 9.53 Å². The molecule has 0 saturated carbocycles. The minimum Gasteiger partial charge on any atom is -0.398 e. The van der Waals surface area contributed by atoms with Crippen LogP contribution in [0.2, 0.25) is 0 Å². The largest absolute Gasteiger partial charge is 0.398 e. The summed E-state index contributed by atoms with van der Waals surface area (Å²) in [5, 5.41) is 3.01. The minimum absolute atomic E-state index is 0.0173. The summed E-state index contributed by atoms with van der Waals surface area (Å²) in [5.41, 5.74) is 7.35. The molecule has 0 heterocycles. The third-order valence-corrected chi connectivity index (χ3v) is 3.06. The number of benzene rings is 1. The van der Waals surface area contributed by atoms with E-state index in [2.05, 4.69) is 19.2 Å². The van der Waals surface area contributed by atoms with Crippen molar-refractivity contribution in [3.8, 4) is 0 Å². The summed E-state index contributed by atoms with van der Waals surface area (Å²) in [5.74, 6) is 0.319. The Bertz CT molecular complexity index is 405. The Balaban J connectivity index is 2.55. The van der Waals surface area contributed by atoms with E-state index >= 15 is 0 Å². The van der Waals surface area contributed by atoms with E-state index in [0.29, 0.717) is 31.2 Å². The Labute approximate surface area is 115 Å². The number of nitrogen functional groups attached to an aromatic ring is 1. The molecule has 0 aromatic heterocycles. The van der Waals surface area contributed by atoms with E-state index in [0.717, 1.165) is 5.56 Å². The number of para-hydroxylation sites is 1. The number of hydrogen-bond acceptors (Lipinski definition) is 3. The molecule has 1 amide bonds. The fourth-order valence-electron chi connectivity index (χ4n) is 1.77. The number of rotatable bonds is 7. The van der Waals surface area contributed by atoms with Gasteiger partial charge in [0.1, 0.15) is 0 Å². The van der Waals surface area contributed by atoms with Crippen LogP contribution in [0.15, 0.2) is 24.3 Å². The molecule has 0 aliphatic carbocycles. The molecule has 0 saturated heterocycles. The van der Waals surface area contributed by atoms with E-state index in [1.54, 1.807) is 0 Å². The second kappa shape index (κ2) is 7.79. The van der Waals surface area contributed by atoms with Crippen molar-refractivity contribution in [2.24, 2.45) is 5.92 Å². The van der Waals surface area contributed by atoms with Gasteiger partial charge in [0.2, 0.25) is 5.91 Å². The van der Waals surface area contributed by atoms with Crippen LogP contribution in [0.3, 0.4) is 0 Å². The Morgan fingerprint density at radius 3 is 2.63 bits per heavy atom. The van der Waals surface area contributed by atoms with Crippen molar-refractivity contribution >= 4 is 11.6 Å². The van der Waals surface area contributed by atoms with Crippen molar-refractivity contribution in [2.45, 2.75) is 33.2 Å². The second-order valence-corrected chi connectivity index (χ2v) is 4.95. The fraction of sp³-hybridized carbons (Fsp3) is 0.533. The molecule has 4 nitrogen and oxygen atoms in total. The number of ether oxygens (including phenoxy) is 1. The second-order valence-electron chi connectivity index (χ2n) is 4.95. The number of nitrogens with two attached hydrogens (primary N) is 1. The van der Waals surface area contributed by atoms with Gasteiger partial charge in [0.25, 0.3) is 0 Å². The lowest BCUT2D eigenvalue weighted by atomic mass is 10.0. The van der Waals surface area contributed by atoms with Crippen molar-refractivity contribution in [3.63, 3.8) is 0 Å². The molecule has 0 fully saturated rings. The highest BCUT2D eigenvalue weighted by Crippen LogP contribution is 2.11. The van der Waals surface area contributed by atoms with Crippen LogP contribution in [-0.4, -0.2) is 25.2 Å². The summed E-state index contributed by atoms with van der Waals surface area (Å²) in [4.78, 5) is 12.0. The monoisotopic (exact) mass is 264 g/mol. The predicted molar refractivity (Wildman–Crippen MR) is 77.8 cm³/mol. The van der Waals surface area contributed by atoms with E-state index in [4.69, 9.17) is 10.5 Å². The molecule has 19 heavy (non-hydrogen) atoms. The van der Waals surface area contributed by atoms with Gasteiger partial charge in [0, 0.05) is 12.3 Å². The highest BCUT2D eigenvalue weighted by Gasteiger charge is 2.16. The van der Waals surface area contributed by atoms with Crippen molar-refractivity contribution in [1.82, 2.24) is 5.32 Å². The molecule has 4 heteroatoms. The zero-order chi connectivity index (χ0) is 14.3. The first-order valence-corrected chi connectivity index (χ1v) is 6.75. The standard InChI is InChI=1S/C15H24N2O2/c1-4-19-10-14(11(2)3)17-15(18)9-12-7-5-6-8-13(12)16/h5-8,11,14H,4,9-10,16H2,1-3H3,(H,17,18). The van der Waals surface area contributed by atoms with Gasteiger partial charge in [-0.2, -0.15) is 0 Å².